The average Bonchev–Trinajstić information content (AvgIpc) is 2.38. The molecule has 0 heterocycles. The first-order valence-corrected chi connectivity index (χ1v) is 6.59. The maximum atomic E-state index is 13.8. The number of carboxylic acids is 1. The summed E-state index contributed by atoms with van der Waals surface area (Å²) in [5, 5.41) is 9.59. The standard InChI is InChI=1S/C14H16ClFO4/c1-3-14(12(17)18,13(19)20-4-2)8-9-5-6-10(15)7-11(9)16/h5-7H,3-4,8H2,1-2H3,(H,17,18). The van der Waals surface area contributed by atoms with Crippen molar-refractivity contribution in [2.45, 2.75) is 26.7 Å². The highest BCUT2D eigenvalue weighted by Crippen LogP contribution is 2.31. The van der Waals surface area contributed by atoms with E-state index in [9.17, 15) is 19.1 Å². The molecule has 1 aromatic rings. The second-order valence-corrected chi connectivity index (χ2v) is 4.81. The van der Waals surface area contributed by atoms with Gasteiger partial charge in [0.05, 0.1) is 6.61 Å². The van der Waals surface area contributed by atoms with Crippen molar-refractivity contribution in [1.82, 2.24) is 0 Å². The summed E-state index contributed by atoms with van der Waals surface area (Å²) in [5.41, 5.74) is -1.67. The molecule has 0 saturated heterocycles. The SMILES string of the molecule is CCOC(=O)C(CC)(Cc1ccc(Cl)cc1F)C(=O)O. The summed E-state index contributed by atoms with van der Waals surface area (Å²) >= 11 is 5.65. The van der Waals surface area contributed by atoms with Gasteiger partial charge in [0.15, 0.2) is 5.41 Å². The van der Waals surface area contributed by atoms with Crippen molar-refractivity contribution in [1.29, 1.82) is 0 Å². The van der Waals surface area contributed by atoms with Crippen molar-refractivity contribution in [2.75, 3.05) is 6.61 Å². The number of rotatable bonds is 6. The number of carbonyl (C=O) groups is 2. The van der Waals surface area contributed by atoms with Gasteiger partial charge >= 0.3 is 11.9 Å². The second-order valence-electron chi connectivity index (χ2n) is 4.37. The van der Waals surface area contributed by atoms with E-state index in [1.54, 1.807) is 13.8 Å². The van der Waals surface area contributed by atoms with Gasteiger partial charge in [-0.15, -0.1) is 0 Å². The molecule has 0 spiro atoms. The second kappa shape index (κ2) is 6.70. The molecule has 0 aliphatic heterocycles. The molecular weight excluding hydrogens is 287 g/mol. The first kappa shape index (κ1) is 16.4. The number of halogens is 2. The largest absolute Gasteiger partial charge is 0.480 e. The molecule has 1 unspecified atom stereocenters. The molecule has 20 heavy (non-hydrogen) atoms. The molecule has 0 amide bonds. The van der Waals surface area contributed by atoms with Gasteiger partial charge in [-0.3, -0.25) is 9.59 Å². The Labute approximate surface area is 121 Å². The van der Waals surface area contributed by atoms with Crippen molar-refractivity contribution in [3.63, 3.8) is 0 Å². The van der Waals surface area contributed by atoms with Gasteiger partial charge in [0, 0.05) is 11.4 Å². The molecule has 0 aromatic heterocycles. The van der Waals surface area contributed by atoms with Gasteiger partial charge in [0.2, 0.25) is 0 Å². The lowest BCUT2D eigenvalue weighted by Crippen LogP contribution is -2.42. The van der Waals surface area contributed by atoms with Crippen LogP contribution in [0.1, 0.15) is 25.8 Å². The third-order valence-electron chi connectivity index (χ3n) is 3.19. The van der Waals surface area contributed by atoms with Crippen molar-refractivity contribution >= 4 is 23.5 Å². The summed E-state index contributed by atoms with van der Waals surface area (Å²) in [6.45, 7) is 3.21. The predicted molar refractivity (Wildman–Crippen MR) is 72.1 cm³/mol. The van der Waals surface area contributed by atoms with Gasteiger partial charge in [0.1, 0.15) is 5.82 Å². The van der Waals surface area contributed by atoms with Crippen molar-refractivity contribution in [3.05, 3.63) is 34.6 Å². The van der Waals surface area contributed by atoms with E-state index in [1.807, 2.05) is 0 Å². The quantitative estimate of drug-likeness (QED) is 0.648. The normalized spacial score (nSPS) is 13.6. The van der Waals surface area contributed by atoms with Gasteiger partial charge in [-0.2, -0.15) is 0 Å². The number of hydrogen-bond acceptors (Lipinski definition) is 3. The molecule has 1 aromatic carbocycles. The Kier molecular flexibility index (Phi) is 5.51. The Balaban J connectivity index is 3.18. The van der Waals surface area contributed by atoms with Crippen LogP contribution in [0.3, 0.4) is 0 Å². The third-order valence-corrected chi connectivity index (χ3v) is 3.42. The molecule has 110 valence electrons. The van der Waals surface area contributed by atoms with E-state index >= 15 is 0 Å². The summed E-state index contributed by atoms with van der Waals surface area (Å²) in [4.78, 5) is 23.5. The molecule has 0 radical (unpaired) electrons. The first-order valence-electron chi connectivity index (χ1n) is 6.22. The molecule has 1 rings (SSSR count). The van der Waals surface area contributed by atoms with Crippen LogP contribution in [0.2, 0.25) is 5.02 Å². The lowest BCUT2D eigenvalue weighted by Gasteiger charge is -2.26. The molecular formula is C14H16ClFO4. The third kappa shape index (κ3) is 3.28. The number of ether oxygens (including phenoxy) is 1. The zero-order valence-corrected chi connectivity index (χ0v) is 12.0. The fourth-order valence-electron chi connectivity index (χ4n) is 1.92. The zero-order chi connectivity index (χ0) is 15.3. The molecule has 0 bridgehead atoms. The van der Waals surface area contributed by atoms with E-state index < -0.39 is 23.2 Å². The summed E-state index contributed by atoms with van der Waals surface area (Å²) in [7, 11) is 0. The number of carboxylic acid groups (broad SMARTS) is 1. The van der Waals surface area contributed by atoms with Gasteiger partial charge in [-0.25, -0.2) is 4.39 Å². The van der Waals surface area contributed by atoms with Gasteiger partial charge in [-0.05, 0) is 31.0 Å². The van der Waals surface area contributed by atoms with Crippen LogP contribution in [-0.2, 0) is 20.7 Å². The molecule has 0 aliphatic rings. The summed E-state index contributed by atoms with van der Waals surface area (Å²) in [5.74, 6) is -2.82. The maximum Gasteiger partial charge on any atom is 0.323 e. The topological polar surface area (TPSA) is 63.6 Å². The summed E-state index contributed by atoms with van der Waals surface area (Å²) in [6.07, 6.45) is -0.274. The van der Waals surface area contributed by atoms with E-state index in [4.69, 9.17) is 16.3 Å². The monoisotopic (exact) mass is 302 g/mol. The van der Waals surface area contributed by atoms with Gasteiger partial charge < -0.3 is 9.84 Å². The van der Waals surface area contributed by atoms with Crippen LogP contribution in [0, 0.1) is 11.2 Å². The molecule has 0 saturated carbocycles. The van der Waals surface area contributed by atoms with Crippen LogP contribution >= 0.6 is 11.6 Å². The minimum Gasteiger partial charge on any atom is -0.480 e. The van der Waals surface area contributed by atoms with E-state index in [0.29, 0.717) is 0 Å². The Bertz CT molecular complexity index is 518. The molecule has 0 fully saturated rings. The Hall–Kier alpha value is -1.62. The fraction of sp³-hybridized carbons (Fsp3) is 0.429. The Morgan fingerprint density at radius 3 is 2.50 bits per heavy atom. The molecule has 1 atom stereocenters. The number of carbonyl (C=O) groups excluding carboxylic acids is 1. The van der Waals surface area contributed by atoms with E-state index in [1.165, 1.54) is 12.1 Å². The van der Waals surface area contributed by atoms with E-state index in [0.717, 1.165) is 6.07 Å². The van der Waals surface area contributed by atoms with Crippen LogP contribution in [0.15, 0.2) is 18.2 Å². The number of benzene rings is 1. The van der Waals surface area contributed by atoms with Gasteiger partial charge in [0.25, 0.3) is 0 Å². The lowest BCUT2D eigenvalue weighted by atomic mass is 9.79. The average molecular weight is 303 g/mol. The number of esters is 1. The maximum absolute atomic E-state index is 13.8. The van der Waals surface area contributed by atoms with Crippen molar-refractivity contribution in [2.24, 2.45) is 5.41 Å². The fourth-order valence-corrected chi connectivity index (χ4v) is 2.07. The van der Waals surface area contributed by atoms with Crippen LogP contribution in [0.4, 0.5) is 4.39 Å². The van der Waals surface area contributed by atoms with Crippen LogP contribution in [0.5, 0.6) is 0 Å². The minimum atomic E-state index is -1.79. The highest BCUT2D eigenvalue weighted by molar-refractivity contribution is 6.30. The molecule has 0 aliphatic carbocycles. The highest BCUT2D eigenvalue weighted by Gasteiger charge is 2.46. The Morgan fingerprint density at radius 1 is 1.40 bits per heavy atom. The highest BCUT2D eigenvalue weighted by atomic mass is 35.5. The summed E-state index contributed by atoms with van der Waals surface area (Å²) in [6, 6.07) is 3.92. The predicted octanol–water partition coefficient (Wildman–Crippen LogP) is 3.07. The van der Waals surface area contributed by atoms with Gasteiger partial charge in [-0.1, -0.05) is 24.6 Å². The zero-order valence-electron chi connectivity index (χ0n) is 11.3. The lowest BCUT2D eigenvalue weighted by molar-refractivity contribution is -0.168. The minimum absolute atomic E-state index is 0.00321. The van der Waals surface area contributed by atoms with Crippen LogP contribution < -0.4 is 0 Å². The number of hydrogen-bond donors (Lipinski definition) is 1. The summed E-state index contributed by atoms with van der Waals surface area (Å²) < 4.78 is 18.6. The molecule has 4 nitrogen and oxygen atoms in total. The van der Waals surface area contributed by atoms with E-state index in [2.05, 4.69) is 0 Å². The first-order chi connectivity index (χ1) is 9.37. The van der Waals surface area contributed by atoms with E-state index in [-0.39, 0.29) is 30.0 Å². The van der Waals surface area contributed by atoms with Crippen molar-refractivity contribution < 1.29 is 23.8 Å². The van der Waals surface area contributed by atoms with Crippen LogP contribution in [-0.4, -0.2) is 23.7 Å². The molecule has 1 N–H and O–H groups in total. The van der Waals surface area contributed by atoms with Crippen molar-refractivity contribution in [3.8, 4) is 0 Å². The Morgan fingerprint density at radius 2 is 2.05 bits per heavy atom. The molecule has 6 heteroatoms. The smallest absolute Gasteiger partial charge is 0.323 e. The van der Waals surface area contributed by atoms with Crippen LogP contribution in [0.25, 0.3) is 0 Å². The number of aliphatic carboxylic acids is 1.